The Bertz CT molecular complexity index is 762. The molecule has 2 N–H and O–H groups in total. The number of halogens is 1. The Balaban J connectivity index is 1.98. The molecule has 0 aliphatic rings. The molecule has 0 radical (unpaired) electrons. The highest BCUT2D eigenvalue weighted by Crippen LogP contribution is 2.17. The van der Waals surface area contributed by atoms with Gasteiger partial charge in [0.2, 0.25) is 5.91 Å². The third-order valence-corrected chi connectivity index (χ3v) is 3.56. The summed E-state index contributed by atoms with van der Waals surface area (Å²) in [5.41, 5.74) is 1.89. The molecule has 0 bridgehead atoms. The van der Waals surface area contributed by atoms with Crippen molar-refractivity contribution >= 4 is 23.3 Å². The number of benzene rings is 2. The molecule has 2 aromatic rings. The van der Waals surface area contributed by atoms with E-state index in [1.807, 2.05) is 13.8 Å². The van der Waals surface area contributed by atoms with Gasteiger partial charge in [0.15, 0.2) is 0 Å². The van der Waals surface area contributed by atoms with E-state index < -0.39 is 0 Å². The number of hydrogen-bond acceptors (Lipinski definition) is 2. The van der Waals surface area contributed by atoms with Crippen molar-refractivity contribution in [2.45, 2.75) is 20.4 Å². The standard InChI is InChI=1S/C19H22FN3O2/c1-13(2)18(24)21-16-8-5-9-17(11-16)22-19(25)23(3)12-14-6-4-7-15(20)10-14/h4-11,13H,12H2,1-3H3,(H,21,24)(H,22,25). The molecule has 0 aliphatic carbocycles. The van der Waals surface area contributed by atoms with E-state index in [0.29, 0.717) is 16.9 Å². The number of anilines is 2. The molecule has 0 atom stereocenters. The van der Waals surface area contributed by atoms with Crippen molar-refractivity contribution in [3.05, 3.63) is 59.9 Å². The second-order valence-electron chi connectivity index (χ2n) is 6.14. The maximum atomic E-state index is 13.2. The first-order chi connectivity index (χ1) is 11.8. The zero-order valence-electron chi connectivity index (χ0n) is 14.5. The third kappa shape index (κ3) is 5.60. The summed E-state index contributed by atoms with van der Waals surface area (Å²) < 4.78 is 13.2. The maximum Gasteiger partial charge on any atom is 0.321 e. The van der Waals surface area contributed by atoms with E-state index in [0.717, 1.165) is 0 Å². The molecule has 6 heteroatoms. The summed E-state index contributed by atoms with van der Waals surface area (Å²) in [5, 5.41) is 5.55. The van der Waals surface area contributed by atoms with Crippen molar-refractivity contribution in [1.29, 1.82) is 0 Å². The van der Waals surface area contributed by atoms with E-state index in [1.54, 1.807) is 43.4 Å². The van der Waals surface area contributed by atoms with Gasteiger partial charge >= 0.3 is 6.03 Å². The Morgan fingerprint density at radius 1 is 1.04 bits per heavy atom. The normalized spacial score (nSPS) is 10.4. The fraction of sp³-hybridized carbons (Fsp3) is 0.263. The minimum absolute atomic E-state index is 0.0910. The Hall–Kier alpha value is -2.89. The van der Waals surface area contributed by atoms with Crippen LogP contribution in [0.25, 0.3) is 0 Å². The first-order valence-corrected chi connectivity index (χ1v) is 8.02. The van der Waals surface area contributed by atoms with E-state index in [-0.39, 0.29) is 30.2 Å². The van der Waals surface area contributed by atoms with Crippen LogP contribution in [-0.2, 0) is 11.3 Å². The number of urea groups is 1. The van der Waals surface area contributed by atoms with Gasteiger partial charge in [0.1, 0.15) is 5.82 Å². The first-order valence-electron chi connectivity index (χ1n) is 8.02. The number of carbonyl (C=O) groups excluding carboxylic acids is 2. The van der Waals surface area contributed by atoms with Gasteiger partial charge < -0.3 is 15.5 Å². The maximum absolute atomic E-state index is 13.2. The molecule has 2 rings (SSSR count). The predicted octanol–water partition coefficient (Wildman–Crippen LogP) is 4.08. The van der Waals surface area contributed by atoms with Crippen LogP contribution < -0.4 is 10.6 Å². The SMILES string of the molecule is CC(C)C(=O)Nc1cccc(NC(=O)N(C)Cc2cccc(F)c2)c1. The summed E-state index contributed by atoms with van der Waals surface area (Å²) in [6.45, 7) is 3.90. The van der Waals surface area contributed by atoms with Crippen molar-refractivity contribution in [3.63, 3.8) is 0 Å². The lowest BCUT2D eigenvalue weighted by Gasteiger charge is -2.18. The molecule has 3 amide bonds. The van der Waals surface area contributed by atoms with Crippen molar-refractivity contribution in [2.75, 3.05) is 17.7 Å². The smallest absolute Gasteiger partial charge is 0.321 e. The van der Waals surface area contributed by atoms with Crippen LogP contribution in [-0.4, -0.2) is 23.9 Å². The molecular formula is C19H22FN3O2. The van der Waals surface area contributed by atoms with E-state index in [4.69, 9.17) is 0 Å². The van der Waals surface area contributed by atoms with Gasteiger partial charge in [-0.15, -0.1) is 0 Å². The quantitative estimate of drug-likeness (QED) is 0.859. The summed E-state index contributed by atoms with van der Waals surface area (Å²) in [6.07, 6.45) is 0. The molecular weight excluding hydrogens is 321 g/mol. The molecule has 2 aromatic carbocycles. The zero-order chi connectivity index (χ0) is 18.4. The van der Waals surface area contributed by atoms with Gasteiger partial charge in [0.05, 0.1) is 0 Å². The number of amides is 3. The van der Waals surface area contributed by atoms with Crippen LogP contribution >= 0.6 is 0 Å². The predicted molar refractivity (Wildman–Crippen MR) is 96.8 cm³/mol. The third-order valence-electron chi connectivity index (χ3n) is 3.56. The molecule has 0 heterocycles. The molecule has 0 saturated heterocycles. The molecule has 0 saturated carbocycles. The van der Waals surface area contributed by atoms with Crippen LogP contribution in [0, 0.1) is 11.7 Å². The van der Waals surface area contributed by atoms with Crippen LogP contribution in [0.3, 0.4) is 0 Å². The number of carbonyl (C=O) groups is 2. The molecule has 0 fully saturated rings. The summed E-state index contributed by atoms with van der Waals surface area (Å²) in [7, 11) is 1.63. The molecule has 0 spiro atoms. The minimum Gasteiger partial charge on any atom is -0.326 e. The van der Waals surface area contributed by atoms with E-state index in [1.165, 1.54) is 17.0 Å². The van der Waals surface area contributed by atoms with Crippen LogP contribution in [0.2, 0.25) is 0 Å². The van der Waals surface area contributed by atoms with Crippen molar-refractivity contribution in [3.8, 4) is 0 Å². The minimum atomic E-state index is -0.333. The molecule has 0 aromatic heterocycles. The number of nitrogens with zero attached hydrogens (tertiary/aromatic N) is 1. The highest BCUT2D eigenvalue weighted by atomic mass is 19.1. The lowest BCUT2D eigenvalue weighted by Crippen LogP contribution is -2.30. The van der Waals surface area contributed by atoms with Crippen molar-refractivity contribution < 1.29 is 14.0 Å². The Morgan fingerprint density at radius 3 is 2.32 bits per heavy atom. The van der Waals surface area contributed by atoms with Gasteiger partial charge in [-0.05, 0) is 35.9 Å². The summed E-state index contributed by atoms with van der Waals surface area (Å²) in [6, 6.07) is 12.7. The molecule has 0 unspecified atom stereocenters. The van der Waals surface area contributed by atoms with E-state index >= 15 is 0 Å². The largest absolute Gasteiger partial charge is 0.326 e. The monoisotopic (exact) mass is 343 g/mol. The van der Waals surface area contributed by atoms with Gasteiger partial charge in [0, 0.05) is 30.9 Å². The Morgan fingerprint density at radius 2 is 1.68 bits per heavy atom. The van der Waals surface area contributed by atoms with Crippen molar-refractivity contribution in [1.82, 2.24) is 4.90 Å². The Kier molecular flexibility index (Phi) is 6.11. The summed E-state index contributed by atoms with van der Waals surface area (Å²) >= 11 is 0. The number of rotatable bonds is 5. The molecule has 0 aliphatic heterocycles. The fourth-order valence-corrected chi connectivity index (χ4v) is 2.16. The van der Waals surface area contributed by atoms with Gasteiger partial charge in [-0.2, -0.15) is 0 Å². The van der Waals surface area contributed by atoms with Crippen LogP contribution in [0.15, 0.2) is 48.5 Å². The Labute approximate surface area is 146 Å². The molecule has 132 valence electrons. The van der Waals surface area contributed by atoms with Gasteiger partial charge in [0.25, 0.3) is 0 Å². The second-order valence-corrected chi connectivity index (χ2v) is 6.14. The summed E-state index contributed by atoms with van der Waals surface area (Å²) in [4.78, 5) is 25.5. The van der Waals surface area contributed by atoms with Gasteiger partial charge in [-0.1, -0.05) is 32.0 Å². The fourth-order valence-electron chi connectivity index (χ4n) is 2.16. The van der Waals surface area contributed by atoms with E-state index in [2.05, 4.69) is 10.6 Å². The zero-order valence-corrected chi connectivity index (χ0v) is 14.5. The van der Waals surface area contributed by atoms with Crippen molar-refractivity contribution in [2.24, 2.45) is 5.92 Å². The topological polar surface area (TPSA) is 61.4 Å². The number of hydrogen-bond donors (Lipinski definition) is 2. The number of nitrogens with one attached hydrogen (secondary N) is 2. The van der Waals surface area contributed by atoms with Gasteiger partial charge in [-0.3, -0.25) is 4.79 Å². The average Bonchev–Trinajstić information content (AvgIpc) is 2.55. The van der Waals surface area contributed by atoms with Crippen LogP contribution in [0.1, 0.15) is 19.4 Å². The van der Waals surface area contributed by atoms with E-state index in [9.17, 15) is 14.0 Å². The van der Waals surface area contributed by atoms with Crippen LogP contribution in [0.4, 0.5) is 20.6 Å². The highest BCUT2D eigenvalue weighted by Gasteiger charge is 2.11. The summed E-state index contributed by atoms with van der Waals surface area (Å²) in [5.74, 6) is -0.553. The molecule has 5 nitrogen and oxygen atoms in total. The second kappa shape index (κ2) is 8.28. The lowest BCUT2D eigenvalue weighted by atomic mass is 10.2. The lowest BCUT2D eigenvalue weighted by molar-refractivity contribution is -0.118. The van der Waals surface area contributed by atoms with Gasteiger partial charge in [-0.25, -0.2) is 9.18 Å². The average molecular weight is 343 g/mol. The highest BCUT2D eigenvalue weighted by molar-refractivity contribution is 5.94. The van der Waals surface area contributed by atoms with Crippen LogP contribution in [0.5, 0.6) is 0 Å². The molecule has 25 heavy (non-hydrogen) atoms. The first kappa shape index (κ1) is 18.4.